The number of thiophene rings is 1. The fourth-order valence-corrected chi connectivity index (χ4v) is 3.87. The van der Waals surface area contributed by atoms with Crippen LogP contribution in [0.4, 0.5) is 11.5 Å². The molecular formula is C20H16BrN3S. The van der Waals surface area contributed by atoms with Crippen molar-refractivity contribution in [2.24, 2.45) is 0 Å². The number of halogens is 1. The van der Waals surface area contributed by atoms with Crippen LogP contribution in [-0.2, 0) is 6.42 Å². The molecule has 3 nitrogen and oxygen atoms in total. The zero-order chi connectivity index (χ0) is 17.2. The smallest absolute Gasteiger partial charge is 0.142 e. The Balaban J connectivity index is 1.74. The molecule has 0 spiro atoms. The Kier molecular flexibility index (Phi) is 4.51. The highest BCUT2D eigenvalue weighted by Gasteiger charge is 2.11. The highest BCUT2D eigenvalue weighted by atomic mass is 79.9. The number of nitrogens with one attached hydrogen (secondary N) is 1. The molecule has 0 saturated carbocycles. The number of aromatic nitrogens is 2. The van der Waals surface area contributed by atoms with Crippen molar-refractivity contribution in [2.75, 3.05) is 5.32 Å². The molecule has 0 aliphatic carbocycles. The maximum absolute atomic E-state index is 4.80. The van der Waals surface area contributed by atoms with Gasteiger partial charge in [0.2, 0.25) is 0 Å². The standard InChI is InChI=1S/C20H16BrN3S/c1-13-11-17-19(22-16-9-7-15(21)8-10-16)23-18(24-20(17)25-13)12-14-5-3-2-4-6-14/h2-11H,12H2,1H3,(H,22,23,24). The summed E-state index contributed by atoms with van der Waals surface area (Å²) in [6.45, 7) is 2.10. The molecule has 0 atom stereocenters. The van der Waals surface area contributed by atoms with Crippen molar-refractivity contribution in [3.8, 4) is 0 Å². The first-order valence-electron chi connectivity index (χ1n) is 8.01. The van der Waals surface area contributed by atoms with Gasteiger partial charge >= 0.3 is 0 Å². The van der Waals surface area contributed by atoms with Crippen LogP contribution in [0.5, 0.6) is 0 Å². The van der Waals surface area contributed by atoms with Gasteiger partial charge in [-0.25, -0.2) is 9.97 Å². The Morgan fingerprint density at radius 3 is 2.52 bits per heavy atom. The Morgan fingerprint density at radius 1 is 1.00 bits per heavy atom. The van der Waals surface area contributed by atoms with Gasteiger partial charge in [-0.1, -0.05) is 46.3 Å². The lowest BCUT2D eigenvalue weighted by molar-refractivity contribution is 1.000. The van der Waals surface area contributed by atoms with Crippen LogP contribution in [0.3, 0.4) is 0 Å². The highest BCUT2D eigenvalue weighted by molar-refractivity contribution is 9.10. The van der Waals surface area contributed by atoms with Gasteiger partial charge in [0.1, 0.15) is 16.5 Å². The summed E-state index contributed by atoms with van der Waals surface area (Å²) in [4.78, 5) is 11.8. The van der Waals surface area contributed by atoms with E-state index in [1.165, 1.54) is 10.4 Å². The van der Waals surface area contributed by atoms with Gasteiger partial charge in [-0.2, -0.15) is 0 Å². The van der Waals surface area contributed by atoms with Crippen LogP contribution >= 0.6 is 27.3 Å². The Bertz CT molecular complexity index is 1010. The van der Waals surface area contributed by atoms with Crippen LogP contribution in [0.2, 0.25) is 0 Å². The average Bonchev–Trinajstić information content (AvgIpc) is 2.98. The van der Waals surface area contributed by atoms with Gasteiger partial charge < -0.3 is 5.32 Å². The number of fused-ring (bicyclic) bond motifs is 1. The van der Waals surface area contributed by atoms with E-state index in [-0.39, 0.29) is 0 Å². The van der Waals surface area contributed by atoms with Crippen LogP contribution in [0.25, 0.3) is 10.2 Å². The lowest BCUT2D eigenvalue weighted by atomic mass is 10.1. The number of hydrogen-bond acceptors (Lipinski definition) is 4. The first-order valence-corrected chi connectivity index (χ1v) is 9.62. The molecule has 0 radical (unpaired) electrons. The topological polar surface area (TPSA) is 37.8 Å². The monoisotopic (exact) mass is 409 g/mol. The van der Waals surface area contributed by atoms with Crippen molar-refractivity contribution in [3.05, 3.63) is 81.4 Å². The zero-order valence-corrected chi connectivity index (χ0v) is 16.1. The summed E-state index contributed by atoms with van der Waals surface area (Å²) in [6, 6.07) is 20.6. The van der Waals surface area contributed by atoms with Crippen molar-refractivity contribution in [3.63, 3.8) is 0 Å². The highest BCUT2D eigenvalue weighted by Crippen LogP contribution is 2.31. The number of hydrogen-bond donors (Lipinski definition) is 1. The first-order chi connectivity index (χ1) is 12.2. The molecule has 25 heavy (non-hydrogen) atoms. The SMILES string of the molecule is Cc1cc2c(Nc3ccc(Br)cc3)nc(Cc3ccccc3)nc2s1. The van der Waals surface area contributed by atoms with Gasteiger partial charge in [0.15, 0.2) is 0 Å². The maximum Gasteiger partial charge on any atom is 0.142 e. The predicted octanol–water partition coefficient (Wildman–Crippen LogP) is 6.10. The second-order valence-corrected chi connectivity index (χ2v) is 8.01. The Labute approximate surface area is 158 Å². The van der Waals surface area contributed by atoms with E-state index < -0.39 is 0 Å². The number of nitrogens with zero attached hydrogens (tertiary/aromatic N) is 2. The van der Waals surface area contributed by atoms with Crippen LogP contribution in [0, 0.1) is 6.92 Å². The average molecular weight is 410 g/mol. The lowest BCUT2D eigenvalue weighted by Gasteiger charge is -2.09. The molecule has 2 heterocycles. The molecule has 0 bridgehead atoms. The summed E-state index contributed by atoms with van der Waals surface area (Å²) >= 11 is 5.18. The van der Waals surface area contributed by atoms with E-state index in [0.717, 1.165) is 38.4 Å². The third-order valence-corrected chi connectivity index (χ3v) is 5.35. The minimum Gasteiger partial charge on any atom is -0.340 e. The lowest BCUT2D eigenvalue weighted by Crippen LogP contribution is -2.01. The molecule has 0 fully saturated rings. The number of aryl methyl sites for hydroxylation is 1. The van der Waals surface area contributed by atoms with Gasteiger partial charge in [0, 0.05) is 21.5 Å². The summed E-state index contributed by atoms with van der Waals surface area (Å²) in [5.74, 6) is 1.70. The molecular weight excluding hydrogens is 394 g/mol. The molecule has 0 amide bonds. The van der Waals surface area contributed by atoms with Crippen molar-refractivity contribution in [1.29, 1.82) is 0 Å². The van der Waals surface area contributed by atoms with Crippen LogP contribution in [0.1, 0.15) is 16.3 Å². The third kappa shape index (κ3) is 3.72. The minimum atomic E-state index is 0.725. The molecule has 0 aliphatic rings. The zero-order valence-electron chi connectivity index (χ0n) is 13.7. The Morgan fingerprint density at radius 2 is 1.76 bits per heavy atom. The van der Waals surface area contributed by atoms with Gasteiger partial charge in [-0.15, -0.1) is 11.3 Å². The third-order valence-electron chi connectivity index (χ3n) is 3.87. The number of rotatable bonds is 4. The summed E-state index contributed by atoms with van der Waals surface area (Å²) in [5.41, 5.74) is 2.22. The van der Waals surface area contributed by atoms with Gasteiger partial charge in [0.05, 0.1) is 5.39 Å². The van der Waals surface area contributed by atoms with Gasteiger partial charge in [-0.3, -0.25) is 0 Å². The van der Waals surface area contributed by atoms with E-state index in [1.54, 1.807) is 11.3 Å². The van der Waals surface area contributed by atoms with E-state index >= 15 is 0 Å². The first kappa shape index (κ1) is 16.2. The van der Waals surface area contributed by atoms with E-state index in [4.69, 9.17) is 9.97 Å². The van der Waals surface area contributed by atoms with Crippen LogP contribution in [0.15, 0.2) is 65.1 Å². The Hall–Kier alpha value is -2.24. The predicted molar refractivity (Wildman–Crippen MR) is 109 cm³/mol. The fourth-order valence-electron chi connectivity index (χ4n) is 2.71. The second kappa shape index (κ2) is 6.94. The molecule has 5 heteroatoms. The van der Waals surface area contributed by atoms with Crippen LogP contribution in [-0.4, -0.2) is 9.97 Å². The second-order valence-electron chi connectivity index (χ2n) is 5.86. The molecule has 0 saturated heterocycles. The minimum absolute atomic E-state index is 0.725. The van der Waals surface area contributed by atoms with Gasteiger partial charge in [-0.05, 0) is 42.8 Å². The van der Waals surface area contributed by atoms with Crippen molar-refractivity contribution < 1.29 is 0 Å². The number of anilines is 2. The summed E-state index contributed by atoms with van der Waals surface area (Å²) in [6.07, 6.45) is 0.725. The van der Waals surface area contributed by atoms with E-state index in [1.807, 2.05) is 42.5 Å². The molecule has 2 aromatic carbocycles. The normalized spacial score (nSPS) is 11.0. The molecule has 4 aromatic rings. The van der Waals surface area contributed by atoms with Gasteiger partial charge in [0.25, 0.3) is 0 Å². The summed E-state index contributed by atoms with van der Waals surface area (Å²) < 4.78 is 1.06. The number of benzene rings is 2. The summed E-state index contributed by atoms with van der Waals surface area (Å²) in [7, 11) is 0. The maximum atomic E-state index is 4.80. The van der Waals surface area contributed by atoms with Crippen LogP contribution < -0.4 is 5.32 Å². The summed E-state index contributed by atoms with van der Waals surface area (Å²) in [5, 5.41) is 4.52. The van der Waals surface area contributed by atoms with Crippen molar-refractivity contribution >= 4 is 49.0 Å². The van der Waals surface area contributed by atoms with Crippen molar-refractivity contribution in [2.45, 2.75) is 13.3 Å². The van der Waals surface area contributed by atoms with E-state index in [2.05, 4.69) is 46.4 Å². The van der Waals surface area contributed by atoms with E-state index in [0.29, 0.717) is 0 Å². The fraction of sp³-hybridized carbons (Fsp3) is 0.100. The molecule has 1 N–H and O–H groups in total. The molecule has 2 aromatic heterocycles. The van der Waals surface area contributed by atoms with E-state index in [9.17, 15) is 0 Å². The van der Waals surface area contributed by atoms with Crippen molar-refractivity contribution in [1.82, 2.24) is 9.97 Å². The molecule has 0 unspecified atom stereocenters. The quantitative estimate of drug-likeness (QED) is 0.442. The molecule has 0 aliphatic heterocycles. The molecule has 4 rings (SSSR count). The molecule has 124 valence electrons. The largest absolute Gasteiger partial charge is 0.340 e.